The van der Waals surface area contributed by atoms with Gasteiger partial charge >= 0.3 is 0 Å². The molecule has 0 spiro atoms. The highest BCUT2D eigenvalue weighted by Crippen LogP contribution is 2.10. The number of pyridine rings is 1. The molecule has 4 nitrogen and oxygen atoms in total. The molecule has 17 heavy (non-hydrogen) atoms. The van der Waals surface area contributed by atoms with E-state index in [2.05, 4.69) is 10.3 Å². The van der Waals surface area contributed by atoms with E-state index in [0.717, 1.165) is 12.1 Å². The number of likely N-dealkylation sites (N-methyl/N-ethyl adjacent to an activating group) is 1. The molecule has 0 saturated carbocycles. The monoisotopic (exact) mass is 256 g/mol. The maximum absolute atomic E-state index is 11.6. The summed E-state index contributed by atoms with van der Waals surface area (Å²) in [6.07, 6.45) is 5.44. The summed E-state index contributed by atoms with van der Waals surface area (Å²) in [5, 5.41) is 2.84. The predicted molar refractivity (Wildman–Crippen MR) is 69.7 cm³/mol. The second-order valence-electron chi connectivity index (χ2n) is 4.26. The van der Waals surface area contributed by atoms with E-state index in [1.54, 1.807) is 19.3 Å². The molecule has 0 aromatic carbocycles. The number of nitrogens with zero attached hydrogens (tertiary/aromatic N) is 1. The molecule has 0 aliphatic heterocycles. The van der Waals surface area contributed by atoms with E-state index in [1.807, 2.05) is 19.1 Å². The van der Waals surface area contributed by atoms with Crippen molar-refractivity contribution in [3.05, 3.63) is 30.1 Å². The minimum atomic E-state index is -3.02. The zero-order valence-corrected chi connectivity index (χ0v) is 11.4. The third kappa shape index (κ3) is 4.44. The second-order valence-corrected chi connectivity index (χ2v) is 6.66. The number of nitrogens with one attached hydrogen (secondary N) is 1. The van der Waals surface area contributed by atoms with E-state index in [-0.39, 0.29) is 6.04 Å². The topological polar surface area (TPSA) is 59.1 Å². The molecule has 0 saturated heterocycles. The molecule has 5 heteroatoms. The van der Waals surface area contributed by atoms with Gasteiger partial charge in [-0.25, -0.2) is 8.42 Å². The lowest BCUT2D eigenvalue weighted by Gasteiger charge is -2.23. The number of hydrogen-bond acceptors (Lipinski definition) is 4. The number of hydrogen-bond donors (Lipinski definition) is 1. The van der Waals surface area contributed by atoms with Crippen LogP contribution in [0, 0.1) is 0 Å². The Labute approximate surface area is 103 Å². The van der Waals surface area contributed by atoms with Crippen LogP contribution in [-0.2, 0) is 16.3 Å². The molecule has 1 rings (SSSR count). The normalized spacial score (nSPS) is 15.5. The van der Waals surface area contributed by atoms with Crippen molar-refractivity contribution in [2.24, 2.45) is 0 Å². The van der Waals surface area contributed by atoms with Crippen LogP contribution in [0.5, 0.6) is 0 Å². The van der Waals surface area contributed by atoms with Crippen LogP contribution in [0.15, 0.2) is 24.5 Å². The van der Waals surface area contributed by atoms with Gasteiger partial charge in [0.1, 0.15) is 0 Å². The summed E-state index contributed by atoms with van der Waals surface area (Å²) in [6, 6.07) is 3.77. The van der Waals surface area contributed by atoms with Crippen molar-refractivity contribution >= 4 is 9.84 Å². The van der Waals surface area contributed by atoms with Crippen LogP contribution in [-0.4, -0.2) is 37.5 Å². The first-order valence-electron chi connectivity index (χ1n) is 5.76. The molecule has 2 atom stereocenters. The van der Waals surface area contributed by atoms with Crippen LogP contribution < -0.4 is 5.32 Å². The molecule has 1 aromatic heterocycles. The highest BCUT2D eigenvalue weighted by Gasteiger charge is 2.25. The highest BCUT2D eigenvalue weighted by molar-refractivity contribution is 7.91. The fourth-order valence-corrected chi connectivity index (χ4v) is 2.53. The molecule has 0 radical (unpaired) electrons. The van der Waals surface area contributed by atoms with E-state index in [0.29, 0.717) is 6.42 Å². The highest BCUT2D eigenvalue weighted by atomic mass is 32.2. The van der Waals surface area contributed by atoms with Crippen molar-refractivity contribution in [3.63, 3.8) is 0 Å². The van der Waals surface area contributed by atoms with Gasteiger partial charge in [-0.1, -0.05) is 6.92 Å². The predicted octanol–water partition coefficient (Wildman–Crippen LogP) is 1.04. The van der Waals surface area contributed by atoms with E-state index < -0.39 is 15.1 Å². The van der Waals surface area contributed by atoms with Crippen molar-refractivity contribution in [1.82, 2.24) is 10.3 Å². The van der Waals surface area contributed by atoms with Crippen LogP contribution in [0.2, 0.25) is 0 Å². The summed E-state index contributed by atoms with van der Waals surface area (Å²) in [5.41, 5.74) is 1.10. The molecule has 0 bridgehead atoms. The minimum absolute atomic E-state index is 0.0580. The molecule has 0 aliphatic rings. The quantitative estimate of drug-likeness (QED) is 0.826. The summed E-state index contributed by atoms with van der Waals surface area (Å²) < 4.78 is 23.2. The molecule has 0 fully saturated rings. The molecule has 0 aliphatic carbocycles. The van der Waals surface area contributed by atoms with Gasteiger partial charge in [0, 0.05) is 24.7 Å². The van der Waals surface area contributed by atoms with Crippen LogP contribution >= 0.6 is 0 Å². The summed E-state index contributed by atoms with van der Waals surface area (Å²) >= 11 is 0. The maximum Gasteiger partial charge on any atom is 0.151 e. The average Bonchev–Trinajstić information content (AvgIpc) is 2.28. The fourth-order valence-electron chi connectivity index (χ4n) is 1.74. The van der Waals surface area contributed by atoms with Gasteiger partial charge in [0.25, 0.3) is 0 Å². The van der Waals surface area contributed by atoms with Gasteiger partial charge in [-0.2, -0.15) is 0 Å². The van der Waals surface area contributed by atoms with Crippen LogP contribution in [0.3, 0.4) is 0 Å². The Bertz CT molecular complexity index is 431. The third-order valence-electron chi connectivity index (χ3n) is 2.91. The molecule has 2 unspecified atom stereocenters. The maximum atomic E-state index is 11.6. The van der Waals surface area contributed by atoms with E-state index >= 15 is 0 Å². The first kappa shape index (κ1) is 14.1. The molecule has 1 heterocycles. The number of rotatable bonds is 6. The standard InChI is InChI=1S/C12H20N2O2S/c1-4-14-12(10(2)17(3,15)16)9-11-5-7-13-8-6-11/h5-8,10,12,14H,4,9H2,1-3H3. The smallest absolute Gasteiger partial charge is 0.151 e. The van der Waals surface area contributed by atoms with Crippen molar-refractivity contribution < 1.29 is 8.42 Å². The van der Waals surface area contributed by atoms with Crippen LogP contribution in [0.1, 0.15) is 19.4 Å². The molecule has 1 aromatic rings. The molecule has 96 valence electrons. The molecular weight excluding hydrogens is 236 g/mol. The number of aromatic nitrogens is 1. The summed E-state index contributed by atoms with van der Waals surface area (Å²) in [5.74, 6) is 0. The van der Waals surface area contributed by atoms with E-state index in [9.17, 15) is 8.42 Å². The van der Waals surface area contributed by atoms with Crippen molar-refractivity contribution in [2.75, 3.05) is 12.8 Å². The molecule has 0 amide bonds. The average molecular weight is 256 g/mol. The van der Waals surface area contributed by atoms with Gasteiger partial charge in [-0.3, -0.25) is 4.98 Å². The summed E-state index contributed by atoms with van der Waals surface area (Å²) in [6.45, 7) is 4.49. The Kier molecular flexibility index (Phi) is 5.08. The van der Waals surface area contributed by atoms with Gasteiger partial charge < -0.3 is 5.32 Å². The Morgan fingerprint density at radius 1 is 1.35 bits per heavy atom. The largest absolute Gasteiger partial charge is 0.313 e. The summed E-state index contributed by atoms with van der Waals surface area (Å²) in [4.78, 5) is 3.95. The van der Waals surface area contributed by atoms with E-state index in [4.69, 9.17) is 0 Å². The minimum Gasteiger partial charge on any atom is -0.313 e. The van der Waals surface area contributed by atoms with Gasteiger partial charge in [0.2, 0.25) is 0 Å². The summed E-state index contributed by atoms with van der Waals surface area (Å²) in [7, 11) is -3.02. The van der Waals surface area contributed by atoms with E-state index in [1.165, 1.54) is 6.26 Å². The van der Waals surface area contributed by atoms with Crippen LogP contribution in [0.4, 0.5) is 0 Å². The zero-order valence-electron chi connectivity index (χ0n) is 10.6. The van der Waals surface area contributed by atoms with Gasteiger partial charge in [-0.15, -0.1) is 0 Å². The lowest BCUT2D eigenvalue weighted by molar-refractivity contribution is 0.493. The fraction of sp³-hybridized carbons (Fsp3) is 0.583. The van der Waals surface area contributed by atoms with Crippen molar-refractivity contribution in [2.45, 2.75) is 31.6 Å². The van der Waals surface area contributed by atoms with Gasteiger partial charge in [0.05, 0.1) is 5.25 Å². The molecule has 1 N–H and O–H groups in total. The Balaban J connectivity index is 2.80. The van der Waals surface area contributed by atoms with Crippen molar-refractivity contribution in [3.8, 4) is 0 Å². The zero-order chi connectivity index (χ0) is 12.9. The SMILES string of the molecule is CCNC(Cc1ccncc1)C(C)S(C)(=O)=O. The first-order valence-corrected chi connectivity index (χ1v) is 7.71. The third-order valence-corrected chi connectivity index (χ3v) is 4.59. The first-order chi connectivity index (χ1) is 7.95. The Hall–Kier alpha value is -0.940. The van der Waals surface area contributed by atoms with Gasteiger partial charge in [0.15, 0.2) is 9.84 Å². The number of sulfone groups is 1. The lowest BCUT2D eigenvalue weighted by atomic mass is 10.0. The van der Waals surface area contributed by atoms with Gasteiger partial charge in [-0.05, 0) is 37.6 Å². The van der Waals surface area contributed by atoms with Crippen LogP contribution in [0.25, 0.3) is 0 Å². The Morgan fingerprint density at radius 3 is 2.41 bits per heavy atom. The van der Waals surface area contributed by atoms with Crippen molar-refractivity contribution in [1.29, 1.82) is 0 Å². The molecular formula is C12H20N2O2S. The second kappa shape index (κ2) is 6.12. The Morgan fingerprint density at radius 2 is 1.94 bits per heavy atom. The lowest BCUT2D eigenvalue weighted by Crippen LogP contribution is -2.43.